The van der Waals surface area contributed by atoms with Gasteiger partial charge in [-0.25, -0.2) is 13.2 Å². The van der Waals surface area contributed by atoms with E-state index in [1.54, 1.807) is 57.2 Å². The first-order valence-electron chi connectivity index (χ1n) is 13.6. The van der Waals surface area contributed by atoms with Crippen LogP contribution in [0.25, 0.3) is 22.3 Å². The van der Waals surface area contributed by atoms with Crippen molar-refractivity contribution >= 4 is 44.2 Å². The Balaban J connectivity index is 1.79. The fraction of sp³-hybridized carbons (Fsp3) is 0.152. The van der Waals surface area contributed by atoms with Crippen molar-refractivity contribution in [3.8, 4) is 11.3 Å². The first kappa shape index (κ1) is 30.2. The molecule has 11 heteroatoms. The molecule has 0 spiro atoms. The molecule has 0 aliphatic heterocycles. The lowest BCUT2D eigenvalue weighted by Crippen LogP contribution is -2.38. The molecule has 0 unspecified atom stereocenters. The van der Waals surface area contributed by atoms with Gasteiger partial charge in [0, 0.05) is 28.6 Å². The van der Waals surface area contributed by atoms with Gasteiger partial charge in [0.2, 0.25) is 0 Å². The van der Waals surface area contributed by atoms with E-state index in [9.17, 15) is 28.1 Å². The van der Waals surface area contributed by atoms with Crippen LogP contribution in [0.5, 0.6) is 0 Å². The van der Waals surface area contributed by atoms with Gasteiger partial charge in [0.15, 0.2) is 0 Å². The molecule has 0 atom stereocenters. The number of nitro groups is 1. The zero-order valence-corrected chi connectivity index (χ0v) is 25.2. The molecule has 0 saturated heterocycles. The molecule has 4 aromatic carbocycles. The predicted molar refractivity (Wildman–Crippen MR) is 165 cm³/mol. The van der Waals surface area contributed by atoms with Crippen LogP contribution < -0.4 is 4.31 Å². The van der Waals surface area contributed by atoms with E-state index in [2.05, 4.69) is 0 Å². The van der Waals surface area contributed by atoms with Crippen molar-refractivity contribution in [3.63, 3.8) is 0 Å². The maximum Gasteiger partial charge on any atom is 0.342 e. The number of nitrogens with zero attached hydrogens (tertiary/aromatic N) is 2. The van der Waals surface area contributed by atoms with Crippen LogP contribution in [0.3, 0.4) is 0 Å². The number of esters is 1. The molecule has 0 aliphatic carbocycles. The molecule has 0 N–H and O–H groups in total. The van der Waals surface area contributed by atoms with Crippen molar-refractivity contribution in [2.24, 2.45) is 0 Å². The fourth-order valence-corrected chi connectivity index (χ4v) is 7.14. The maximum atomic E-state index is 14.5. The normalized spacial score (nSPS) is 11.4. The van der Waals surface area contributed by atoms with Gasteiger partial charge in [-0.3, -0.25) is 14.9 Å². The number of hydrogen-bond donors (Lipinski definition) is 0. The van der Waals surface area contributed by atoms with E-state index < -0.39 is 26.8 Å². The molecule has 0 aliphatic rings. The summed E-state index contributed by atoms with van der Waals surface area (Å²) in [4.78, 5) is 38.1. The third-order valence-corrected chi connectivity index (χ3v) is 9.03. The topological polar surface area (TPSA) is 137 Å². The van der Waals surface area contributed by atoms with Gasteiger partial charge in [0.1, 0.15) is 16.9 Å². The summed E-state index contributed by atoms with van der Waals surface area (Å²) in [5.74, 6) is -1.48. The Kier molecular flexibility index (Phi) is 8.07. The van der Waals surface area contributed by atoms with E-state index in [4.69, 9.17) is 9.15 Å². The highest BCUT2D eigenvalue weighted by Gasteiger charge is 2.36. The Morgan fingerprint density at radius 3 is 2.23 bits per heavy atom. The Morgan fingerprint density at radius 1 is 0.909 bits per heavy atom. The van der Waals surface area contributed by atoms with Gasteiger partial charge >= 0.3 is 5.97 Å². The van der Waals surface area contributed by atoms with Crippen LogP contribution in [0.15, 0.2) is 94.2 Å². The summed E-state index contributed by atoms with van der Waals surface area (Å²) in [5, 5.41) is 11.7. The summed E-state index contributed by atoms with van der Waals surface area (Å²) in [5.41, 5.74) is 1.91. The van der Waals surface area contributed by atoms with Gasteiger partial charge in [-0.05, 0) is 63.1 Å². The molecule has 1 aromatic heterocycles. The average molecular weight is 613 g/mol. The number of fused-ring (bicyclic) bond motifs is 1. The zero-order valence-electron chi connectivity index (χ0n) is 24.4. The molecule has 0 bridgehead atoms. The minimum atomic E-state index is -4.60. The summed E-state index contributed by atoms with van der Waals surface area (Å²) in [7, 11) is -4.60. The molecular weight excluding hydrogens is 584 g/mol. The predicted octanol–water partition coefficient (Wildman–Crippen LogP) is 7.15. The van der Waals surface area contributed by atoms with Crippen molar-refractivity contribution in [1.29, 1.82) is 0 Å². The molecule has 0 saturated carbocycles. The quantitative estimate of drug-likeness (QED) is 0.102. The zero-order chi connectivity index (χ0) is 31.8. The highest BCUT2D eigenvalue weighted by molar-refractivity contribution is 7.93. The number of anilines is 1. The van der Waals surface area contributed by atoms with Gasteiger partial charge in [-0.15, -0.1) is 0 Å². The van der Waals surface area contributed by atoms with E-state index in [1.165, 1.54) is 36.4 Å². The highest BCUT2D eigenvalue weighted by atomic mass is 32.2. The second-order valence-corrected chi connectivity index (χ2v) is 11.9. The van der Waals surface area contributed by atoms with Gasteiger partial charge in [-0.1, -0.05) is 54.1 Å². The number of non-ortho nitro benzene ring substituents is 1. The molecule has 5 rings (SSSR count). The van der Waals surface area contributed by atoms with Gasteiger partial charge in [0.25, 0.3) is 21.6 Å². The van der Waals surface area contributed by atoms with Gasteiger partial charge in [0.05, 0.1) is 22.1 Å². The second-order valence-electron chi connectivity index (χ2n) is 10.2. The standard InChI is InChI=1S/C33H28N2O8S/c1-5-42-33(37)29-27-19-25(14-15-28(27)43-30(29)23-10-7-6-8-11-23)34(32(36)24-12-9-13-26(18-24)35(38)39)44(40,41)31-21(3)16-20(2)17-22(31)4/h6-19H,5H2,1-4H3. The maximum absolute atomic E-state index is 14.5. The smallest absolute Gasteiger partial charge is 0.342 e. The molecule has 5 aromatic rings. The number of furan rings is 1. The van der Waals surface area contributed by atoms with Crippen LogP contribution in [-0.4, -0.2) is 31.8 Å². The van der Waals surface area contributed by atoms with Crippen molar-refractivity contribution in [3.05, 3.63) is 123 Å². The lowest BCUT2D eigenvalue weighted by Gasteiger charge is -2.25. The summed E-state index contributed by atoms with van der Waals surface area (Å²) >= 11 is 0. The van der Waals surface area contributed by atoms with Crippen molar-refractivity contribution in [2.75, 3.05) is 10.9 Å². The Hall–Kier alpha value is -5.29. The molecule has 44 heavy (non-hydrogen) atoms. The van der Waals surface area contributed by atoms with Crippen LogP contribution in [-0.2, 0) is 14.8 Å². The Labute approximate surface area is 253 Å². The number of ether oxygens (including phenoxy) is 1. The molecule has 0 radical (unpaired) electrons. The van der Waals surface area contributed by atoms with Crippen LogP contribution in [0, 0.1) is 30.9 Å². The molecule has 1 amide bonds. The third-order valence-electron chi connectivity index (χ3n) is 7.01. The van der Waals surface area contributed by atoms with Crippen LogP contribution in [0.1, 0.15) is 44.3 Å². The molecule has 224 valence electrons. The molecule has 0 fully saturated rings. The van der Waals surface area contributed by atoms with E-state index in [0.717, 1.165) is 11.6 Å². The van der Waals surface area contributed by atoms with E-state index >= 15 is 0 Å². The van der Waals surface area contributed by atoms with Gasteiger partial charge < -0.3 is 9.15 Å². The Morgan fingerprint density at radius 2 is 1.59 bits per heavy atom. The van der Waals surface area contributed by atoms with Crippen LogP contribution >= 0.6 is 0 Å². The lowest BCUT2D eigenvalue weighted by molar-refractivity contribution is -0.384. The lowest BCUT2D eigenvalue weighted by atomic mass is 10.1. The first-order chi connectivity index (χ1) is 20.9. The average Bonchev–Trinajstić information content (AvgIpc) is 3.36. The largest absolute Gasteiger partial charge is 0.462 e. The molecule has 10 nitrogen and oxygen atoms in total. The fourth-order valence-electron chi connectivity index (χ4n) is 5.31. The number of sulfonamides is 1. The number of amides is 1. The minimum absolute atomic E-state index is 0.0674. The Bertz CT molecular complexity index is 2030. The number of hydrogen-bond acceptors (Lipinski definition) is 8. The number of benzene rings is 4. The number of nitro benzene ring substituents is 1. The number of aryl methyl sites for hydroxylation is 3. The van der Waals surface area contributed by atoms with Crippen LogP contribution in [0.4, 0.5) is 11.4 Å². The summed E-state index contributed by atoms with van der Waals surface area (Å²) < 4.78 is 40.9. The summed E-state index contributed by atoms with van der Waals surface area (Å²) in [6.07, 6.45) is 0. The second kappa shape index (κ2) is 11.8. The number of rotatable bonds is 8. The van der Waals surface area contributed by atoms with Crippen LogP contribution in [0.2, 0.25) is 0 Å². The van der Waals surface area contributed by atoms with Crippen molar-refractivity contribution in [1.82, 2.24) is 0 Å². The summed E-state index contributed by atoms with van der Waals surface area (Å²) in [6, 6.07) is 21.4. The number of carbonyl (C=O) groups excluding carboxylic acids is 2. The molecular formula is C33H28N2O8S. The third kappa shape index (κ3) is 5.45. The number of carbonyl (C=O) groups is 2. The minimum Gasteiger partial charge on any atom is -0.462 e. The van der Waals surface area contributed by atoms with E-state index in [0.29, 0.717) is 21.0 Å². The van der Waals surface area contributed by atoms with E-state index in [-0.39, 0.29) is 50.7 Å². The monoisotopic (exact) mass is 612 g/mol. The van der Waals surface area contributed by atoms with Crippen molar-refractivity contribution in [2.45, 2.75) is 32.6 Å². The highest BCUT2D eigenvalue weighted by Crippen LogP contribution is 2.38. The first-order valence-corrected chi connectivity index (χ1v) is 15.1. The summed E-state index contributed by atoms with van der Waals surface area (Å²) in [6.45, 7) is 6.83. The molecule has 1 heterocycles. The van der Waals surface area contributed by atoms with Crippen molar-refractivity contribution < 1.29 is 32.1 Å². The van der Waals surface area contributed by atoms with E-state index in [1.807, 2.05) is 13.0 Å². The van der Waals surface area contributed by atoms with Gasteiger partial charge in [-0.2, -0.15) is 4.31 Å². The SMILES string of the molecule is CCOC(=O)c1c(-c2ccccc2)oc2ccc(N(C(=O)c3cccc([N+](=O)[O-])c3)S(=O)(=O)c3c(C)cc(C)cc3C)cc12.